The minimum atomic E-state index is 0.873. The lowest BCUT2D eigenvalue weighted by Gasteiger charge is -2.04. The van der Waals surface area contributed by atoms with E-state index in [2.05, 4.69) is 46.4 Å². The molecule has 0 radical (unpaired) electrons. The van der Waals surface area contributed by atoms with Crippen molar-refractivity contribution in [2.24, 2.45) is 0 Å². The first-order valence-electron chi connectivity index (χ1n) is 5.48. The van der Waals surface area contributed by atoms with Crippen molar-refractivity contribution in [2.75, 3.05) is 0 Å². The zero-order valence-electron chi connectivity index (χ0n) is 9.46. The van der Waals surface area contributed by atoms with Crippen molar-refractivity contribution < 1.29 is 0 Å². The first-order chi connectivity index (χ1) is 8.34. The second-order valence-electron chi connectivity index (χ2n) is 4.00. The fraction of sp³-hybridized carbons (Fsp3) is 0.0714. The number of aryl methyl sites for hydroxylation is 1. The summed E-state index contributed by atoms with van der Waals surface area (Å²) < 4.78 is 0. The van der Waals surface area contributed by atoms with E-state index in [1.165, 1.54) is 5.56 Å². The van der Waals surface area contributed by atoms with E-state index in [-0.39, 0.29) is 0 Å². The quantitative estimate of drug-likeness (QED) is 0.634. The molecule has 0 spiro atoms. The maximum absolute atomic E-state index is 4.28. The summed E-state index contributed by atoms with van der Waals surface area (Å²) in [5, 5.41) is 9.25. The van der Waals surface area contributed by atoms with Gasteiger partial charge in [-0.3, -0.25) is 4.98 Å². The number of fused-ring (bicyclic) bond motifs is 1. The minimum absolute atomic E-state index is 0.873. The van der Waals surface area contributed by atoms with Crippen LogP contribution in [0.4, 0.5) is 0 Å². The predicted molar refractivity (Wildman–Crippen MR) is 67.5 cm³/mol. The van der Waals surface area contributed by atoms with Gasteiger partial charge in [0.05, 0.1) is 11.7 Å². The third kappa shape index (κ3) is 1.76. The molecule has 0 unspecified atom stereocenters. The Morgan fingerprint density at radius 1 is 1.00 bits per heavy atom. The topological polar surface area (TPSA) is 38.7 Å². The Balaban J connectivity index is 2.27. The van der Waals surface area contributed by atoms with Gasteiger partial charge in [0, 0.05) is 17.1 Å². The van der Waals surface area contributed by atoms with Crippen LogP contribution in [-0.2, 0) is 0 Å². The molecular formula is C14H11N3. The van der Waals surface area contributed by atoms with Crippen LogP contribution < -0.4 is 0 Å². The van der Waals surface area contributed by atoms with Crippen LogP contribution in [0.2, 0.25) is 0 Å². The van der Waals surface area contributed by atoms with Crippen LogP contribution in [0.1, 0.15) is 5.56 Å². The molecule has 3 nitrogen and oxygen atoms in total. The summed E-state index contributed by atoms with van der Waals surface area (Å²) in [6.07, 6.45) is 3.45. The number of aromatic nitrogens is 3. The minimum Gasteiger partial charge on any atom is -0.254 e. The standard InChI is InChI=1S/C14H11N3/c1-10-4-6-11(7-5-10)14-12-3-2-8-15-13(12)9-16-17-14/h2-9H,1H3. The predicted octanol–water partition coefficient (Wildman–Crippen LogP) is 3.00. The van der Waals surface area contributed by atoms with Gasteiger partial charge in [0.25, 0.3) is 0 Å². The average molecular weight is 221 g/mol. The van der Waals surface area contributed by atoms with Crippen LogP contribution in [0.5, 0.6) is 0 Å². The van der Waals surface area contributed by atoms with Gasteiger partial charge in [0.1, 0.15) is 5.69 Å². The average Bonchev–Trinajstić information content (AvgIpc) is 2.39. The van der Waals surface area contributed by atoms with Crippen LogP contribution in [-0.4, -0.2) is 15.2 Å². The Morgan fingerprint density at radius 3 is 2.65 bits per heavy atom. The van der Waals surface area contributed by atoms with Crippen LogP contribution >= 0.6 is 0 Å². The zero-order valence-corrected chi connectivity index (χ0v) is 9.46. The lowest BCUT2D eigenvalue weighted by atomic mass is 10.1. The zero-order chi connectivity index (χ0) is 11.7. The molecular weight excluding hydrogens is 210 g/mol. The Labute approximate surface area is 99.2 Å². The molecule has 0 aliphatic carbocycles. The first-order valence-corrected chi connectivity index (χ1v) is 5.48. The molecule has 2 heterocycles. The summed E-state index contributed by atoms with van der Waals surface area (Å²) >= 11 is 0. The highest BCUT2D eigenvalue weighted by molar-refractivity contribution is 5.91. The third-order valence-electron chi connectivity index (χ3n) is 2.76. The number of hydrogen-bond donors (Lipinski definition) is 0. The molecule has 0 saturated carbocycles. The molecule has 17 heavy (non-hydrogen) atoms. The molecule has 3 heteroatoms. The fourth-order valence-electron chi connectivity index (χ4n) is 1.84. The summed E-state index contributed by atoms with van der Waals surface area (Å²) in [5.41, 5.74) is 4.07. The summed E-state index contributed by atoms with van der Waals surface area (Å²) in [6, 6.07) is 12.2. The molecule has 0 amide bonds. The van der Waals surface area contributed by atoms with Crippen molar-refractivity contribution in [1.82, 2.24) is 15.2 Å². The Hall–Kier alpha value is -2.29. The molecule has 0 atom stereocenters. The lowest BCUT2D eigenvalue weighted by Crippen LogP contribution is -1.90. The van der Waals surface area contributed by atoms with E-state index in [1.54, 1.807) is 12.4 Å². The molecule has 3 rings (SSSR count). The summed E-state index contributed by atoms with van der Waals surface area (Å²) in [7, 11) is 0. The highest BCUT2D eigenvalue weighted by atomic mass is 15.1. The Bertz CT molecular complexity index is 654. The van der Waals surface area contributed by atoms with E-state index in [1.807, 2.05) is 12.1 Å². The highest BCUT2D eigenvalue weighted by Gasteiger charge is 2.05. The van der Waals surface area contributed by atoms with Crippen molar-refractivity contribution in [3.63, 3.8) is 0 Å². The van der Waals surface area contributed by atoms with Crippen molar-refractivity contribution in [3.8, 4) is 11.3 Å². The Kier molecular flexibility index (Phi) is 2.29. The van der Waals surface area contributed by atoms with Crippen LogP contribution in [0.25, 0.3) is 22.2 Å². The number of benzene rings is 1. The van der Waals surface area contributed by atoms with Gasteiger partial charge in [0.2, 0.25) is 0 Å². The molecule has 1 aromatic carbocycles. The maximum Gasteiger partial charge on any atom is 0.102 e. The van der Waals surface area contributed by atoms with Crippen LogP contribution in [0.15, 0.2) is 48.8 Å². The van der Waals surface area contributed by atoms with Gasteiger partial charge in [0.15, 0.2) is 0 Å². The fourth-order valence-corrected chi connectivity index (χ4v) is 1.84. The van der Waals surface area contributed by atoms with Crippen molar-refractivity contribution in [3.05, 3.63) is 54.4 Å². The summed E-state index contributed by atoms with van der Waals surface area (Å²) in [6.45, 7) is 2.07. The van der Waals surface area contributed by atoms with Crippen LogP contribution in [0, 0.1) is 6.92 Å². The van der Waals surface area contributed by atoms with Crippen molar-refractivity contribution in [2.45, 2.75) is 6.92 Å². The number of nitrogens with zero attached hydrogens (tertiary/aromatic N) is 3. The SMILES string of the molecule is Cc1ccc(-c2nncc3ncccc23)cc1. The first kappa shape index (κ1) is 9.90. The summed E-state index contributed by atoms with van der Waals surface area (Å²) in [5.74, 6) is 0. The second kappa shape index (κ2) is 3.94. The van der Waals surface area contributed by atoms with E-state index in [0.717, 1.165) is 22.2 Å². The van der Waals surface area contributed by atoms with Crippen molar-refractivity contribution in [1.29, 1.82) is 0 Å². The Morgan fingerprint density at radius 2 is 1.82 bits per heavy atom. The lowest BCUT2D eigenvalue weighted by molar-refractivity contribution is 1.05. The summed E-state index contributed by atoms with van der Waals surface area (Å²) in [4.78, 5) is 4.28. The van der Waals surface area contributed by atoms with Gasteiger partial charge >= 0.3 is 0 Å². The molecule has 82 valence electrons. The van der Waals surface area contributed by atoms with E-state index in [4.69, 9.17) is 0 Å². The van der Waals surface area contributed by atoms with Gasteiger partial charge in [-0.2, -0.15) is 5.10 Å². The second-order valence-corrected chi connectivity index (χ2v) is 4.00. The molecule has 0 saturated heterocycles. The van der Waals surface area contributed by atoms with Gasteiger partial charge < -0.3 is 0 Å². The number of pyridine rings is 1. The van der Waals surface area contributed by atoms with Crippen molar-refractivity contribution >= 4 is 10.9 Å². The van der Waals surface area contributed by atoms with Gasteiger partial charge in [-0.05, 0) is 19.1 Å². The van der Waals surface area contributed by atoms with E-state index >= 15 is 0 Å². The molecule has 0 bridgehead atoms. The molecule has 2 aromatic heterocycles. The largest absolute Gasteiger partial charge is 0.254 e. The molecule has 0 aliphatic heterocycles. The van der Waals surface area contributed by atoms with Gasteiger partial charge in [-0.15, -0.1) is 5.10 Å². The maximum atomic E-state index is 4.28. The highest BCUT2D eigenvalue weighted by Crippen LogP contribution is 2.24. The van der Waals surface area contributed by atoms with Gasteiger partial charge in [-0.25, -0.2) is 0 Å². The molecule has 0 aliphatic rings. The number of hydrogen-bond acceptors (Lipinski definition) is 3. The smallest absolute Gasteiger partial charge is 0.102 e. The molecule has 0 N–H and O–H groups in total. The van der Waals surface area contributed by atoms with Gasteiger partial charge in [-0.1, -0.05) is 29.8 Å². The van der Waals surface area contributed by atoms with Crippen LogP contribution in [0.3, 0.4) is 0 Å². The van der Waals surface area contributed by atoms with E-state index in [0.29, 0.717) is 0 Å². The molecule has 3 aromatic rings. The van der Waals surface area contributed by atoms with E-state index < -0.39 is 0 Å². The normalized spacial score (nSPS) is 10.6. The third-order valence-corrected chi connectivity index (χ3v) is 2.76. The monoisotopic (exact) mass is 221 g/mol. The molecule has 0 fully saturated rings. The number of rotatable bonds is 1. The van der Waals surface area contributed by atoms with E-state index in [9.17, 15) is 0 Å².